The Morgan fingerprint density at radius 3 is 2.53 bits per heavy atom. The van der Waals surface area contributed by atoms with Gasteiger partial charge in [-0.2, -0.15) is 0 Å². The van der Waals surface area contributed by atoms with Crippen LogP contribution in [-0.2, 0) is 0 Å². The third-order valence-electron chi connectivity index (χ3n) is 1.94. The monoisotopic (exact) mass is 453 g/mol. The zero-order valence-electron chi connectivity index (χ0n) is 9.71. The fourth-order valence-electron chi connectivity index (χ4n) is 1.16. The van der Waals surface area contributed by atoms with Gasteiger partial charge in [-0.3, -0.25) is 0 Å². The van der Waals surface area contributed by atoms with Gasteiger partial charge in [0.15, 0.2) is 11.5 Å². The lowest BCUT2D eigenvalue weighted by atomic mass is 10.2. The summed E-state index contributed by atoms with van der Waals surface area (Å²) in [6.45, 7) is 4.15. The van der Waals surface area contributed by atoms with E-state index < -0.39 is 0 Å². The molecule has 0 bridgehead atoms. The molecular weight excluding hydrogens is 440 g/mol. The summed E-state index contributed by atoms with van der Waals surface area (Å²) in [4.78, 5) is 4.35. The van der Waals surface area contributed by atoms with Crippen molar-refractivity contribution in [1.29, 1.82) is 0 Å². The second-order valence-corrected chi connectivity index (χ2v) is 4.88. The number of fused-ring (bicyclic) bond motifs is 1. The highest BCUT2D eigenvalue weighted by Gasteiger charge is 2.07. The van der Waals surface area contributed by atoms with Crippen LogP contribution in [0.5, 0.6) is 0 Å². The SMILES string of the molecule is CC(C)c1nc2ccccc2o1.IC#CCI. The molecule has 4 heteroatoms. The molecule has 0 N–H and O–H groups in total. The number of rotatable bonds is 1. The fraction of sp³-hybridized carbons (Fsp3) is 0.308. The van der Waals surface area contributed by atoms with Gasteiger partial charge in [-0.15, -0.1) is 0 Å². The summed E-state index contributed by atoms with van der Waals surface area (Å²) in [7, 11) is 0. The molecule has 1 heterocycles. The zero-order valence-corrected chi connectivity index (χ0v) is 14.0. The Balaban J connectivity index is 0.000000249. The zero-order chi connectivity index (χ0) is 12.7. The first kappa shape index (κ1) is 14.8. The highest BCUT2D eigenvalue weighted by atomic mass is 127. The Bertz CT molecular complexity index is 490. The van der Waals surface area contributed by atoms with E-state index in [1.54, 1.807) is 0 Å². The lowest BCUT2D eigenvalue weighted by Crippen LogP contribution is -1.84. The molecule has 0 spiro atoms. The molecule has 0 fully saturated rings. The van der Waals surface area contributed by atoms with Crippen LogP contribution in [0.15, 0.2) is 28.7 Å². The average Bonchev–Trinajstić information content (AvgIpc) is 2.74. The second kappa shape index (κ2) is 7.93. The van der Waals surface area contributed by atoms with Gasteiger partial charge in [0.1, 0.15) is 5.52 Å². The first-order valence-electron chi connectivity index (χ1n) is 5.19. The lowest BCUT2D eigenvalue weighted by molar-refractivity contribution is 0.501. The highest BCUT2D eigenvalue weighted by molar-refractivity contribution is 14.1. The normalized spacial score (nSPS) is 9.47. The largest absolute Gasteiger partial charge is 0.440 e. The van der Waals surface area contributed by atoms with Crippen LogP contribution >= 0.6 is 45.2 Å². The van der Waals surface area contributed by atoms with Crippen molar-refractivity contribution in [3.8, 4) is 9.85 Å². The van der Waals surface area contributed by atoms with Gasteiger partial charge in [-0.05, 0) is 16.1 Å². The van der Waals surface area contributed by atoms with Crippen molar-refractivity contribution < 1.29 is 4.42 Å². The molecule has 0 amide bonds. The van der Waals surface area contributed by atoms with Crippen molar-refractivity contribution in [2.75, 3.05) is 4.43 Å². The standard InChI is InChI=1S/C10H11NO.C3H2I2/c1-7(2)10-11-8-5-3-4-6-9(8)12-10;4-2-1-3-5/h3-7H,1-2H3;2H2. The van der Waals surface area contributed by atoms with Crippen LogP contribution < -0.4 is 0 Å². The van der Waals surface area contributed by atoms with E-state index >= 15 is 0 Å². The van der Waals surface area contributed by atoms with Crippen molar-refractivity contribution >= 4 is 56.3 Å². The van der Waals surface area contributed by atoms with E-state index in [2.05, 4.69) is 51.3 Å². The number of hydrogen-bond donors (Lipinski definition) is 0. The van der Waals surface area contributed by atoms with Gasteiger partial charge in [0.25, 0.3) is 0 Å². The summed E-state index contributed by atoms with van der Waals surface area (Å²) in [5.74, 6) is 4.01. The number of para-hydroxylation sites is 2. The molecular formula is C13H13I2NO. The molecule has 90 valence electrons. The van der Waals surface area contributed by atoms with Gasteiger partial charge in [0, 0.05) is 28.5 Å². The van der Waals surface area contributed by atoms with Gasteiger partial charge >= 0.3 is 0 Å². The van der Waals surface area contributed by atoms with E-state index in [-0.39, 0.29) is 0 Å². The van der Waals surface area contributed by atoms with E-state index in [1.165, 1.54) is 0 Å². The minimum Gasteiger partial charge on any atom is -0.440 e. The van der Waals surface area contributed by atoms with Crippen molar-refractivity contribution in [3.63, 3.8) is 0 Å². The fourth-order valence-corrected chi connectivity index (χ4v) is 2.27. The average molecular weight is 453 g/mol. The maximum Gasteiger partial charge on any atom is 0.198 e. The minimum atomic E-state index is 0.359. The van der Waals surface area contributed by atoms with Crippen LogP contribution in [0.2, 0.25) is 0 Å². The smallest absolute Gasteiger partial charge is 0.198 e. The van der Waals surface area contributed by atoms with Crippen molar-refractivity contribution in [1.82, 2.24) is 4.98 Å². The molecule has 2 aromatic rings. The number of oxazole rings is 1. The maximum atomic E-state index is 5.52. The third kappa shape index (κ3) is 4.84. The predicted molar refractivity (Wildman–Crippen MR) is 88.8 cm³/mol. The topological polar surface area (TPSA) is 26.0 Å². The Kier molecular flexibility index (Phi) is 6.89. The molecule has 1 aromatic carbocycles. The number of hydrogen-bond acceptors (Lipinski definition) is 2. The number of alkyl halides is 1. The molecule has 0 saturated carbocycles. The van der Waals surface area contributed by atoms with Crippen LogP contribution in [0.25, 0.3) is 11.1 Å². The maximum absolute atomic E-state index is 5.52. The molecule has 1 aromatic heterocycles. The van der Waals surface area contributed by atoms with Crippen LogP contribution in [-0.4, -0.2) is 9.41 Å². The minimum absolute atomic E-state index is 0.359. The van der Waals surface area contributed by atoms with Crippen LogP contribution in [0, 0.1) is 9.85 Å². The molecule has 0 aliphatic rings. The van der Waals surface area contributed by atoms with Gasteiger partial charge in [0.2, 0.25) is 0 Å². The van der Waals surface area contributed by atoms with Crippen LogP contribution in [0.3, 0.4) is 0 Å². The quantitative estimate of drug-likeness (QED) is 0.354. The first-order chi connectivity index (χ1) is 8.19. The van der Waals surface area contributed by atoms with Crippen LogP contribution in [0.1, 0.15) is 25.7 Å². The van der Waals surface area contributed by atoms with Gasteiger partial charge in [0.05, 0.1) is 4.43 Å². The number of nitrogens with zero attached hydrogens (tertiary/aromatic N) is 1. The Labute approximate surface area is 129 Å². The second-order valence-electron chi connectivity index (χ2n) is 3.58. The van der Waals surface area contributed by atoms with E-state index in [9.17, 15) is 0 Å². The Morgan fingerprint density at radius 2 is 2.06 bits per heavy atom. The van der Waals surface area contributed by atoms with Crippen molar-refractivity contribution in [3.05, 3.63) is 30.2 Å². The summed E-state index contributed by atoms with van der Waals surface area (Å²) >= 11 is 4.23. The summed E-state index contributed by atoms with van der Waals surface area (Å²) < 4.78 is 9.19. The lowest BCUT2D eigenvalue weighted by Gasteiger charge is -1.93. The van der Waals surface area contributed by atoms with E-state index in [4.69, 9.17) is 4.42 Å². The third-order valence-corrected chi connectivity index (χ3v) is 2.70. The summed E-state index contributed by atoms with van der Waals surface area (Å²) in [6.07, 6.45) is 0. The van der Waals surface area contributed by atoms with Gasteiger partial charge in [-0.25, -0.2) is 4.98 Å². The molecule has 0 saturated heterocycles. The van der Waals surface area contributed by atoms with E-state index in [0.29, 0.717) is 5.92 Å². The number of halogens is 2. The molecule has 0 unspecified atom stereocenters. The summed E-state index contributed by atoms with van der Waals surface area (Å²) in [6, 6.07) is 7.82. The molecule has 17 heavy (non-hydrogen) atoms. The van der Waals surface area contributed by atoms with E-state index in [0.717, 1.165) is 21.4 Å². The predicted octanol–water partition coefficient (Wildman–Crippen LogP) is 4.77. The molecule has 0 aliphatic carbocycles. The Morgan fingerprint density at radius 1 is 1.35 bits per heavy atom. The van der Waals surface area contributed by atoms with Crippen molar-refractivity contribution in [2.24, 2.45) is 0 Å². The van der Waals surface area contributed by atoms with Gasteiger partial charge in [-0.1, -0.05) is 54.5 Å². The first-order valence-corrected chi connectivity index (χ1v) is 7.79. The highest BCUT2D eigenvalue weighted by Crippen LogP contribution is 2.19. The number of aromatic nitrogens is 1. The molecule has 2 nitrogen and oxygen atoms in total. The van der Waals surface area contributed by atoms with Crippen LogP contribution in [0.4, 0.5) is 0 Å². The van der Waals surface area contributed by atoms with E-state index in [1.807, 2.05) is 46.9 Å². The molecule has 0 aliphatic heterocycles. The number of benzene rings is 1. The van der Waals surface area contributed by atoms with Gasteiger partial charge < -0.3 is 4.42 Å². The molecule has 0 atom stereocenters. The Hall–Kier alpha value is -0.290. The van der Waals surface area contributed by atoms with Crippen molar-refractivity contribution in [2.45, 2.75) is 19.8 Å². The summed E-state index contributed by atoms with van der Waals surface area (Å²) in [5, 5.41) is 0. The molecule has 0 radical (unpaired) electrons. The molecule has 2 rings (SSSR count). The summed E-state index contributed by atoms with van der Waals surface area (Å²) in [5.41, 5.74) is 1.82.